The molecule has 1 unspecified atom stereocenters. The molecule has 1 N–H and O–H groups in total. The van der Waals surface area contributed by atoms with Crippen LogP contribution in [0, 0.1) is 12.7 Å². The molecule has 2 aromatic rings. The molecule has 0 aliphatic heterocycles. The van der Waals surface area contributed by atoms with E-state index in [-0.39, 0.29) is 11.7 Å². The Labute approximate surface area is 120 Å². The molecule has 1 nitrogen and oxygen atoms in total. The summed E-state index contributed by atoms with van der Waals surface area (Å²) < 4.78 is 14.0. The molecule has 0 aliphatic carbocycles. The van der Waals surface area contributed by atoms with Gasteiger partial charge in [0.05, 0.1) is 0 Å². The highest BCUT2D eigenvalue weighted by atomic mass is 19.1. The van der Waals surface area contributed by atoms with Crippen LogP contribution in [-0.2, 0) is 6.42 Å². The molecule has 0 spiro atoms. The van der Waals surface area contributed by atoms with Gasteiger partial charge in [-0.05, 0) is 42.6 Å². The second kappa shape index (κ2) is 7.20. The summed E-state index contributed by atoms with van der Waals surface area (Å²) in [6, 6.07) is 15.4. The van der Waals surface area contributed by atoms with Crippen LogP contribution in [0.5, 0.6) is 0 Å². The maximum absolute atomic E-state index is 14.0. The third kappa shape index (κ3) is 3.67. The van der Waals surface area contributed by atoms with E-state index in [0.29, 0.717) is 0 Å². The van der Waals surface area contributed by atoms with Crippen LogP contribution in [0.1, 0.15) is 29.5 Å². The summed E-state index contributed by atoms with van der Waals surface area (Å²) in [4.78, 5) is 0. The minimum atomic E-state index is -0.107. The van der Waals surface area contributed by atoms with Crippen LogP contribution in [-0.4, -0.2) is 13.1 Å². The van der Waals surface area contributed by atoms with Crippen LogP contribution >= 0.6 is 0 Å². The number of halogens is 1. The minimum absolute atomic E-state index is 0.107. The molecule has 0 aromatic heterocycles. The van der Waals surface area contributed by atoms with Crippen molar-refractivity contribution in [2.75, 3.05) is 13.1 Å². The highest BCUT2D eigenvalue weighted by Crippen LogP contribution is 2.24. The number of aryl methyl sites for hydroxylation is 1. The fraction of sp³-hybridized carbons (Fsp3) is 0.333. The smallest absolute Gasteiger partial charge is 0.126 e. The monoisotopic (exact) mass is 271 g/mol. The molecule has 0 saturated heterocycles. The van der Waals surface area contributed by atoms with Crippen molar-refractivity contribution in [2.45, 2.75) is 26.2 Å². The summed E-state index contributed by atoms with van der Waals surface area (Å²) in [5.74, 6) is 0.0567. The number of hydrogen-bond acceptors (Lipinski definition) is 1. The molecule has 0 saturated carbocycles. The maximum Gasteiger partial charge on any atom is 0.126 e. The molecule has 0 heterocycles. The molecule has 0 bridgehead atoms. The number of nitrogens with one attached hydrogen (secondary N) is 1. The molecule has 2 rings (SSSR count). The van der Waals surface area contributed by atoms with Gasteiger partial charge < -0.3 is 5.32 Å². The molecular weight excluding hydrogens is 249 g/mol. The van der Waals surface area contributed by atoms with Crippen molar-refractivity contribution in [2.24, 2.45) is 0 Å². The number of hydrogen-bond donors (Lipinski definition) is 1. The van der Waals surface area contributed by atoms with E-state index in [9.17, 15) is 4.39 Å². The fourth-order valence-corrected chi connectivity index (χ4v) is 2.52. The Morgan fingerprint density at radius 2 is 1.75 bits per heavy atom. The lowest BCUT2D eigenvalue weighted by molar-refractivity contribution is 0.544. The highest BCUT2D eigenvalue weighted by molar-refractivity contribution is 5.30. The Hall–Kier alpha value is -1.67. The van der Waals surface area contributed by atoms with Gasteiger partial charge in [-0.15, -0.1) is 0 Å². The predicted molar refractivity (Wildman–Crippen MR) is 82.6 cm³/mol. The molecule has 1 atom stereocenters. The molecule has 20 heavy (non-hydrogen) atoms. The van der Waals surface area contributed by atoms with E-state index in [1.807, 2.05) is 24.3 Å². The van der Waals surface area contributed by atoms with Crippen LogP contribution in [0.4, 0.5) is 4.39 Å². The summed E-state index contributed by atoms with van der Waals surface area (Å²) >= 11 is 0. The van der Waals surface area contributed by atoms with Crippen molar-refractivity contribution in [3.8, 4) is 0 Å². The summed E-state index contributed by atoms with van der Waals surface area (Å²) in [7, 11) is 0. The van der Waals surface area contributed by atoms with Crippen LogP contribution in [0.15, 0.2) is 48.5 Å². The van der Waals surface area contributed by atoms with Crippen molar-refractivity contribution in [1.82, 2.24) is 5.32 Å². The van der Waals surface area contributed by atoms with E-state index in [1.165, 1.54) is 11.1 Å². The van der Waals surface area contributed by atoms with Crippen molar-refractivity contribution in [3.63, 3.8) is 0 Å². The Morgan fingerprint density at radius 3 is 2.45 bits per heavy atom. The van der Waals surface area contributed by atoms with Crippen molar-refractivity contribution in [1.29, 1.82) is 0 Å². The van der Waals surface area contributed by atoms with E-state index in [1.54, 1.807) is 12.1 Å². The first kappa shape index (κ1) is 14.7. The van der Waals surface area contributed by atoms with Crippen LogP contribution < -0.4 is 5.32 Å². The van der Waals surface area contributed by atoms with Crippen molar-refractivity contribution < 1.29 is 4.39 Å². The van der Waals surface area contributed by atoms with Gasteiger partial charge in [-0.25, -0.2) is 4.39 Å². The van der Waals surface area contributed by atoms with Gasteiger partial charge in [0.2, 0.25) is 0 Å². The first-order valence-corrected chi connectivity index (χ1v) is 7.22. The summed E-state index contributed by atoms with van der Waals surface area (Å²) in [6.45, 7) is 5.89. The molecule has 106 valence electrons. The minimum Gasteiger partial charge on any atom is -0.316 e. The van der Waals surface area contributed by atoms with Gasteiger partial charge in [0.25, 0.3) is 0 Å². The predicted octanol–water partition coefficient (Wildman–Crippen LogP) is 4.07. The average molecular weight is 271 g/mol. The van der Waals surface area contributed by atoms with E-state index in [2.05, 4.69) is 31.3 Å². The third-order valence-corrected chi connectivity index (χ3v) is 3.71. The normalized spacial score (nSPS) is 12.3. The van der Waals surface area contributed by atoms with E-state index >= 15 is 0 Å². The van der Waals surface area contributed by atoms with E-state index < -0.39 is 0 Å². The van der Waals surface area contributed by atoms with E-state index in [0.717, 1.165) is 25.1 Å². The molecule has 0 fully saturated rings. The largest absolute Gasteiger partial charge is 0.316 e. The van der Waals surface area contributed by atoms with Crippen molar-refractivity contribution >= 4 is 0 Å². The summed E-state index contributed by atoms with van der Waals surface area (Å²) in [5.41, 5.74) is 3.36. The Morgan fingerprint density at radius 1 is 1.05 bits per heavy atom. The molecule has 0 aliphatic rings. The van der Waals surface area contributed by atoms with Crippen LogP contribution in [0.3, 0.4) is 0 Å². The quantitative estimate of drug-likeness (QED) is 0.835. The Balaban J connectivity index is 2.24. The Bertz CT molecular complexity index is 551. The van der Waals surface area contributed by atoms with E-state index in [4.69, 9.17) is 0 Å². The van der Waals surface area contributed by atoms with Gasteiger partial charge in [0.1, 0.15) is 5.82 Å². The molecular formula is C18H22FN. The first-order chi connectivity index (χ1) is 9.72. The first-order valence-electron chi connectivity index (χ1n) is 7.22. The maximum atomic E-state index is 14.0. The molecule has 2 aromatic carbocycles. The zero-order valence-electron chi connectivity index (χ0n) is 12.2. The highest BCUT2D eigenvalue weighted by Gasteiger charge is 2.16. The number of likely N-dealkylation sites (N-methyl/N-ethyl adjacent to an activating group) is 1. The molecule has 2 heteroatoms. The van der Waals surface area contributed by atoms with Crippen LogP contribution in [0.2, 0.25) is 0 Å². The Kier molecular flexibility index (Phi) is 5.31. The SMILES string of the molecule is CCNCC(Cc1ccccc1C)c1ccccc1F. The zero-order valence-corrected chi connectivity index (χ0v) is 12.2. The summed E-state index contributed by atoms with van der Waals surface area (Å²) in [5, 5.41) is 3.35. The van der Waals surface area contributed by atoms with Gasteiger partial charge in [-0.2, -0.15) is 0 Å². The van der Waals surface area contributed by atoms with Crippen molar-refractivity contribution in [3.05, 3.63) is 71.0 Å². The lowest BCUT2D eigenvalue weighted by Gasteiger charge is -2.19. The van der Waals surface area contributed by atoms with Gasteiger partial charge in [0, 0.05) is 12.5 Å². The number of benzene rings is 2. The standard InChI is InChI=1S/C18H22FN/c1-3-20-13-16(17-10-6-7-11-18(17)19)12-15-9-5-4-8-14(15)2/h4-11,16,20H,3,12-13H2,1-2H3. The molecule has 0 radical (unpaired) electrons. The average Bonchev–Trinajstić information content (AvgIpc) is 2.46. The van der Waals surface area contributed by atoms with Gasteiger partial charge in [-0.3, -0.25) is 0 Å². The number of rotatable bonds is 6. The fourth-order valence-electron chi connectivity index (χ4n) is 2.52. The topological polar surface area (TPSA) is 12.0 Å². The summed E-state index contributed by atoms with van der Waals surface area (Å²) in [6.07, 6.45) is 0.862. The lowest BCUT2D eigenvalue weighted by atomic mass is 9.90. The van der Waals surface area contributed by atoms with Gasteiger partial charge in [0.15, 0.2) is 0 Å². The lowest BCUT2D eigenvalue weighted by Crippen LogP contribution is -2.23. The van der Waals surface area contributed by atoms with Gasteiger partial charge in [-0.1, -0.05) is 49.4 Å². The second-order valence-corrected chi connectivity index (χ2v) is 5.16. The molecule has 0 amide bonds. The van der Waals surface area contributed by atoms with Crippen LogP contribution in [0.25, 0.3) is 0 Å². The second-order valence-electron chi connectivity index (χ2n) is 5.16. The van der Waals surface area contributed by atoms with Gasteiger partial charge >= 0.3 is 0 Å². The zero-order chi connectivity index (χ0) is 14.4. The third-order valence-electron chi connectivity index (χ3n) is 3.71.